The van der Waals surface area contributed by atoms with Crippen LogP contribution in [0.2, 0.25) is 10.0 Å². The van der Waals surface area contributed by atoms with Crippen molar-refractivity contribution in [3.8, 4) is 23.0 Å². The highest BCUT2D eigenvalue weighted by atomic mass is 35.5. The van der Waals surface area contributed by atoms with E-state index in [1.54, 1.807) is 50.6 Å². The quantitative estimate of drug-likeness (QED) is 0.0309. The zero-order valence-electron chi connectivity index (χ0n) is 48.0. The standard InChI is InChI=1S/C56H80Cl2N8O14S2/c1-37-29-41(11-13-49(37)79-53-45-31-39(57)33-51(73-7)43(45)35-47(53)65(3)4)81(69,70)63-19-23-77-27-25-75-21-17-61-55(67)59-15-9-10-16-60-56(68)62-18-22-76-26-28-78-24-20-64-82(71,72)42-12-14-50(38(2)30-42)80-54-46-32-40(58)34-52(74-8)44(46)36-48(54)66(5)6/h11-14,29-34,47-48,53-54,63-64H,9-10,15-28,35-36H2,1-8H3,(H2,59,61,67)(H2,60,62,68)/t47-,48-,53-,54-/m0/s1. The third-order valence-electron chi connectivity index (χ3n) is 13.8. The second-order valence-electron chi connectivity index (χ2n) is 20.1. The molecule has 26 heteroatoms. The number of fused-ring (bicyclic) bond motifs is 2. The minimum Gasteiger partial charge on any atom is -0.496 e. The van der Waals surface area contributed by atoms with E-state index in [4.69, 9.17) is 61.1 Å². The van der Waals surface area contributed by atoms with E-state index in [9.17, 15) is 26.4 Å². The number of carbonyl (C=O) groups excluding carboxylic acids is 2. The number of rotatable bonds is 35. The van der Waals surface area contributed by atoms with Crippen LogP contribution in [0.3, 0.4) is 0 Å². The second-order valence-corrected chi connectivity index (χ2v) is 24.5. The lowest BCUT2D eigenvalue weighted by atomic mass is 10.1. The number of hydrogen-bond donors (Lipinski definition) is 6. The zero-order chi connectivity index (χ0) is 59.4. The molecular formula is C56H80Cl2N8O14S2. The van der Waals surface area contributed by atoms with Crippen LogP contribution in [-0.2, 0) is 51.8 Å². The number of nitrogens with zero attached hydrogens (tertiary/aromatic N) is 2. The fourth-order valence-electron chi connectivity index (χ4n) is 9.49. The van der Waals surface area contributed by atoms with Crippen molar-refractivity contribution in [3.05, 3.63) is 104 Å². The van der Waals surface area contributed by atoms with Gasteiger partial charge in [-0.05, 0) is 140 Å². The molecule has 0 unspecified atom stereocenters. The number of urea groups is 2. The molecule has 6 rings (SSSR count). The van der Waals surface area contributed by atoms with E-state index < -0.39 is 20.0 Å². The molecule has 22 nitrogen and oxygen atoms in total. The molecule has 2 aliphatic rings. The maximum atomic E-state index is 13.1. The topological polar surface area (TPSA) is 255 Å². The first kappa shape index (κ1) is 65.9. The van der Waals surface area contributed by atoms with Gasteiger partial charge in [-0.2, -0.15) is 0 Å². The normalized spacial score (nSPS) is 16.7. The molecule has 0 bridgehead atoms. The van der Waals surface area contributed by atoms with Crippen molar-refractivity contribution in [1.82, 2.24) is 40.5 Å². The summed E-state index contributed by atoms with van der Waals surface area (Å²) in [6.07, 6.45) is 2.05. The van der Waals surface area contributed by atoms with Gasteiger partial charge >= 0.3 is 12.1 Å². The summed E-state index contributed by atoms with van der Waals surface area (Å²) in [5, 5.41) is 12.0. The van der Waals surface area contributed by atoms with Gasteiger partial charge in [0.2, 0.25) is 20.0 Å². The summed E-state index contributed by atoms with van der Waals surface area (Å²) in [5.41, 5.74) is 5.30. The largest absolute Gasteiger partial charge is 0.496 e. The number of benzene rings is 4. The van der Waals surface area contributed by atoms with Crippen LogP contribution in [0.1, 0.15) is 58.4 Å². The van der Waals surface area contributed by atoms with Gasteiger partial charge in [-0.3, -0.25) is 0 Å². The van der Waals surface area contributed by atoms with Gasteiger partial charge in [0, 0.05) is 71.6 Å². The average molecular weight is 1220 g/mol. The molecule has 0 fully saturated rings. The Morgan fingerprint density at radius 3 is 1.20 bits per heavy atom. The molecular weight excluding hydrogens is 1140 g/mol. The van der Waals surface area contributed by atoms with Crippen molar-refractivity contribution in [1.29, 1.82) is 0 Å². The van der Waals surface area contributed by atoms with E-state index in [1.165, 1.54) is 12.1 Å². The molecule has 0 aromatic heterocycles. The van der Waals surface area contributed by atoms with E-state index in [2.05, 4.69) is 40.5 Å². The maximum absolute atomic E-state index is 13.1. The Morgan fingerprint density at radius 2 is 0.854 bits per heavy atom. The van der Waals surface area contributed by atoms with Crippen molar-refractivity contribution < 1.29 is 64.3 Å². The van der Waals surface area contributed by atoms with Crippen LogP contribution in [0, 0.1) is 13.8 Å². The maximum Gasteiger partial charge on any atom is 0.314 e. The lowest BCUT2D eigenvalue weighted by Gasteiger charge is -2.28. The molecule has 4 amide bonds. The Morgan fingerprint density at radius 1 is 0.500 bits per heavy atom. The summed E-state index contributed by atoms with van der Waals surface area (Å²) in [6.45, 7) is 6.92. The van der Waals surface area contributed by atoms with Crippen LogP contribution in [-0.4, -0.2) is 185 Å². The SMILES string of the molecule is COc1cc(Cl)cc2c1C[C@H](N(C)C)[C@H]2Oc1ccc(S(=O)(=O)NCCOCCOCCNC(=O)NCCCCNC(=O)NCCOCCOCCNS(=O)(=O)c2ccc(O[C@H]3c4cc(Cl)cc(OC)c4C[C@@H]3N(C)C)c(C)c2)cc1C. The predicted molar refractivity (Wildman–Crippen MR) is 313 cm³/mol. The van der Waals surface area contributed by atoms with Gasteiger partial charge in [0.15, 0.2) is 0 Å². The van der Waals surface area contributed by atoms with Crippen molar-refractivity contribution in [2.45, 2.75) is 73.6 Å². The molecule has 454 valence electrons. The Kier molecular flexibility index (Phi) is 25.9. The second kappa shape index (κ2) is 32.2. The molecule has 82 heavy (non-hydrogen) atoms. The Hall–Kier alpha value is -5.22. The third-order valence-corrected chi connectivity index (χ3v) is 17.2. The van der Waals surface area contributed by atoms with Gasteiger partial charge in [-0.1, -0.05) is 23.2 Å². The molecule has 0 saturated heterocycles. The highest BCUT2D eigenvalue weighted by molar-refractivity contribution is 7.89. The van der Waals surface area contributed by atoms with Gasteiger partial charge in [-0.25, -0.2) is 35.9 Å². The fourth-order valence-corrected chi connectivity index (χ4v) is 12.1. The zero-order valence-corrected chi connectivity index (χ0v) is 51.1. The minimum absolute atomic E-state index is 0.0185. The molecule has 4 aromatic rings. The van der Waals surface area contributed by atoms with E-state index in [1.807, 2.05) is 54.2 Å². The Labute approximate surface area is 492 Å². The third kappa shape index (κ3) is 19.2. The van der Waals surface area contributed by atoms with Crippen LogP contribution >= 0.6 is 23.2 Å². The van der Waals surface area contributed by atoms with Gasteiger partial charge < -0.3 is 69.0 Å². The van der Waals surface area contributed by atoms with Crippen molar-refractivity contribution >= 4 is 55.3 Å². The number of carbonyl (C=O) groups is 2. The number of aryl methyl sites for hydroxylation is 2. The molecule has 0 aliphatic heterocycles. The number of amides is 4. The molecule has 0 heterocycles. The molecule has 4 atom stereocenters. The smallest absolute Gasteiger partial charge is 0.314 e. The van der Waals surface area contributed by atoms with E-state index in [0.29, 0.717) is 82.9 Å². The number of sulfonamides is 2. The van der Waals surface area contributed by atoms with Crippen molar-refractivity contribution in [2.24, 2.45) is 0 Å². The first-order valence-electron chi connectivity index (χ1n) is 27.2. The monoisotopic (exact) mass is 1220 g/mol. The summed E-state index contributed by atoms with van der Waals surface area (Å²) in [6, 6.07) is 16.3. The number of halogens is 2. The number of nitrogens with one attached hydrogen (secondary N) is 6. The molecule has 0 spiro atoms. The molecule has 6 N–H and O–H groups in total. The van der Waals surface area contributed by atoms with Gasteiger partial charge in [0.05, 0.1) is 88.9 Å². The van der Waals surface area contributed by atoms with Crippen LogP contribution in [0.5, 0.6) is 23.0 Å². The number of unbranched alkanes of at least 4 members (excludes halogenated alkanes) is 1. The highest BCUT2D eigenvalue weighted by Crippen LogP contribution is 2.45. The lowest BCUT2D eigenvalue weighted by Crippen LogP contribution is -2.39. The van der Waals surface area contributed by atoms with E-state index in [-0.39, 0.29) is 125 Å². The summed E-state index contributed by atoms with van der Waals surface area (Å²) in [5.74, 6) is 2.56. The molecule has 0 saturated carbocycles. The van der Waals surface area contributed by atoms with E-state index in [0.717, 1.165) is 22.3 Å². The van der Waals surface area contributed by atoms with Crippen LogP contribution in [0.4, 0.5) is 9.59 Å². The number of methoxy groups -OCH3 is 2. The van der Waals surface area contributed by atoms with Gasteiger partial charge in [0.25, 0.3) is 0 Å². The van der Waals surface area contributed by atoms with Crippen LogP contribution < -0.4 is 49.7 Å². The summed E-state index contributed by atoms with van der Waals surface area (Å²) >= 11 is 12.8. The minimum atomic E-state index is -3.81. The van der Waals surface area contributed by atoms with Crippen LogP contribution in [0.15, 0.2) is 70.5 Å². The highest BCUT2D eigenvalue weighted by Gasteiger charge is 2.40. The van der Waals surface area contributed by atoms with Crippen molar-refractivity contribution in [2.75, 3.05) is 135 Å². The van der Waals surface area contributed by atoms with Gasteiger partial charge in [0.1, 0.15) is 35.2 Å². The van der Waals surface area contributed by atoms with E-state index >= 15 is 0 Å². The summed E-state index contributed by atoms with van der Waals surface area (Å²) < 4.78 is 104. The molecule has 4 aromatic carbocycles. The predicted octanol–water partition coefficient (Wildman–Crippen LogP) is 5.54. The Bertz CT molecular complexity index is 2780. The number of ether oxygens (including phenoxy) is 8. The number of likely N-dealkylation sites (N-methyl/N-ethyl adjacent to an activating group) is 2. The molecule has 0 radical (unpaired) electrons. The average Bonchev–Trinajstić information content (AvgIpc) is 4.19. The summed E-state index contributed by atoms with van der Waals surface area (Å²) in [7, 11) is 3.56. The van der Waals surface area contributed by atoms with Gasteiger partial charge in [-0.15, -0.1) is 0 Å². The van der Waals surface area contributed by atoms with Crippen molar-refractivity contribution in [3.63, 3.8) is 0 Å². The lowest BCUT2D eigenvalue weighted by molar-refractivity contribution is 0.0516. The first-order chi connectivity index (χ1) is 39.2. The molecule has 2 aliphatic carbocycles. The Balaban J connectivity index is 0.714. The van der Waals surface area contributed by atoms with Crippen LogP contribution in [0.25, 0.3) is 0 Å². The summed E-state index contributed by atoms with van der Waals surface area (Å²) in [4.78, 5) is 28.7. The fraction of sp³-hybridized carbons (Fsp3) is 0.536. The number of hydrogen-bond acceptors (Lipinski definition) is 16. The first-order valence-corrected chi connectivity index (χ1v) is 30.9.